The Balaban J connectivity index is 2.13. The van der Waals surface area contributed by atoms with E-state index in [0.29, 0.717) is 24.0 Å². The SMILES string of the molecule is C=CC(=O)CCc1ccc(-c2ccc(OC(=O)C=C)cc2F)cc1. The molecule has 0 atom stereocenters. The van der Waals surface area contributed by atoms with E-state index >= 15 is 0 Å². The molecule has 0 spiro atoms. The Morgan fingerprint density at radius 3 is 2.33 bits per heavy atom. The van der Waals surface area contributed by atoms with Crippen LogP contribution in [0.3, 0.4) is 0 Å². The van der Waals surface area contributed by atoms with Crippen LogP contribution in [-0.4, -0.2) is 11.8 Å². The number of hydrogen-bond donors (Lipinski definition) is 0. The molecule has 0 unspecified atom stereocenters. The van der Waals surface area contributed by atoms with Gasteiger partial charge in [-0.1, -0.05) is 37.4 Å². The van der Waals surface area contributed by atoms with Crippen LogP contribution < -0.4 is 4.74 Å². The molecule has 0 saturated heterocycles. The molecule has 0 amide bonds. The van der Waals surface area contributed by atoms with E-state index < -0.39 is 11.8 Å². The lowest BCUT2D eigenvalue weighted by molar-refractivity contribution is -0.129. The second-order valence-electron chi connectivity index (χ2n) is 5.13. The first-order valence-corrected chi connectivity index (χ1v) is 7.42. The Morgan fingerprint density at radius 2 is 1.75 bits per heavy atom. The number of hydrogen-bond acceptors (Lipinski definition) is 3. The predicted molar refractivity (Wildman–Crippen MR) is 91.2 cm³/mol. The van der Waals surface area contributed by atoms with Gasteiger partial charge in [-0.2, -0.15) is 0 Å². The number of benzene rings is 2. The van der Waals surface area contributed by atoms with Crippen molar-refractivity contribution in [2.24, 2.45) is 0 Å². The summed E-state index contributed by atoms with van der Waals surface area (Å²) in [5, 5.41) is 0. The van der Waals surface area contributed by atoms with Gasteiger partial charge in [-0.25, -0.2) is 9.18 Å². The van der Waals surface area contributed by atoms with Crippen molar-refractivity contribution in [1.29, 1.82) is 0 Å². The van der Waals surface area contributed by atoms with E-state index in [0.717, 1.165) is 17.7 Å². The monoisotopic (exact) mass is 324 g/mol. The molecule has 0 fully saturated rings. The summed E-state index contributed by atoms with van der Waals surface area (Å²) in [4.78, 5) is 22.4. The van der Waals surface area contributed by atoms with Crippen molar-refractivity contribution in [3.63, 3.8) is 0 Å². The Labute approximate surface area is 140 Å². The summed E-state index contributed by atoms with van der Waals surface area (Å²) in [6, 6.07) is 11.5. The molecule has 0 saturated carbocycles. The number of allylic oxidation sites excluding steroid dienone is 1. The number of ether oxygens (including phenoxy) is 1. The highest BCUT2D eigenvalue weighted by Crippen LogP contribution is 2.27. The number of rotatable bonds is 7. The maximum absolute atomic E-state index is 14.2. The molecular weight excluding hydrogens is 307 g/mol. The van der Waals surface area contributed by atoms with E-state index in [1.165, 1.54) is 12.1 Å². The normalized spacial score (nSPS) is 10.0. The number of carbonyl (C=O) groups is 2. The quantitative estimate of drug-likeness (QED) is 0.434. The largest absolute Gasteiger partial charge is 0.423 e. The summed E-state index contributed by atoms with van der Waals surface area (Å²) in [5.74, 6) is -1.00. The summed E-state index contributed by atoms with van der Waals surface area (Å²) in [6.45, 7) is 6.73. The van der Waals surface area contributed by atoms with Gasteiger partial charge in [0.15, 0.2) is 5.78 Å². The van der Waals surface area contributed by atoms with Crippen LogP contribution >= 0.6 is 0 Å². The molecule has 3 nitrogen and oxygen atoms in total. The molecule has 0 bridgehead atoms. The highest BCUT2D eigenvalue weighted by atomic mass is 19.1. The van der Waals surface area contributed by atoms with Crippen LogP contribution in [-0.2, 0) is 16.0 Å². The maximum atomic E-state index is 14.2. The van der Waals surface area contributed by atoms with Crippen LogP contribution in [0.2, 0.25) is 0 Å². The zero-order valence-electron chi connectivity index (χ0n) is 13.1. The Kier molecular flexibility index (Phi) is 5.79. The van der Waals surface area contributed by atoms with Crippen LogP contribution in [0.5, 0.6) is 5.75 Å². The predicted octanol–water partition coefficient (Wildman–Crippen LogP) is 4.27. The van der Waals surface area contributed by atoms with Crippen LogP contribution in [0.15, 0.2) is 67.8 Å². The van der Waals surface area contributed by atoms with Crippen LogP contribution in [0, 0.1) is 5.82 Å². The highest BCUT2D eigenvalue weighted by Gasteiger charge is 2.09. The zero-order valence-corrected chi connectivity index (χ0v) is 13.1. The fraction of sp³-hybridized carbons (Fsp3) is 0.100. The number of halogens is 1. The third-order valence-corrected chi connectivity index (χ3v) is 3.48. The van der Waals surface area contributed by atoms with E-state index in [-0.39, 0.29) is 11.5 Å². The topological polar surface area (TPSA) is 43.4 Å². The van der Waals surface area contributed by atoms with E-state index in [1.807, 2.05) is 12.1 Å². The lowest BCUT2D eigenvalue weighted by Gasteiger charge is -2.07. The molecule has 0 aliphatic rings. The fourth-order valence-electron chi connectivity index (χ4n) is 2.17. The summed E-state index contributed by atoms with van der Waals surface area (Å²) in [7, 11) is 0. The van der Waals surface area contributed by atoms with Gasteiger partial charge in [-0.3, -0.25) is 4.79 Å². The zero-order chi connectivity index (χ0) is 17.5. The summed E-state index contributed by atoms with van der Waals surface area (Å²) in [5.41, 5.74) is 2.10. The second-order valence-corrected chi connectivity index (χ2v) is 5.13. The lowest BCUT2D eigenvalue weighted by Crippen LogP contribution is -2.03. The molecule has 4 heteroatoms. The van der Waals surface area contributed by atoms with Crippen LogP contribution in [0.25, 0.3) is 11.1 Å². The first-order chi connectivity index (χ1) is 11.5. The summed E-state index contributed by atoms with van der Waals surface area (Å²) < 4.78 is 19.1. The fourth-order valence-corrected chi connectivity index (χ4v) is 2.17. The number of carbonyl (C=O) groups excluding carboxylic acids is 2. The van der Waals surface area contributed by atoms with Crippen LogP contribution in [0.1, 0.15) is 12.0 Å². The summed E-state index contributed by atoms with van der Waals surface area (Å²) >= 11 is 0. The molecule has 0 N–H and O–H groups in total. The van der Waals surface area contributed by atoms with Gasteiger partial charge in [0, 0.05) is 24.1 Å². The molecule has 122 valence electrons. The van der Waals surface area contributed by atoms with Crippen molar-refractivity contribution >= 4 is 11.8 Å². The second kappa shape index (κ2) is 8.02. The molecule has 0 aliphatic heterocycles. The minimum Gasteiger partial charge on any atom is -0.423 e. The van der Waals surface area contributed by atoms with E-state index in [9.17, 15) is 14.0 Å². The molecule has 0 aliphatic carbocycles. The van der Waals surface area contributed by atoms with Gasteiger partial charge in [0.25, 0.3) is 0 Å². The van der Waals surface area contributed by atoms with Crippen molar-refractivity contribution in [3.05, 3.63) is 79.2 Å². The van der Waals surface area contributed by atoms with Crippen LogP contribution in [0.4, 0.5) is 4.39 Å². The minimum atomic E-state index is -0.638. The molecule has 2 aromatic carbocycles. The average molecular weight is 324 g/mol. The van der Waals surface area contributed by atoms with Gasteiger partial charge in [-0.15, -0.1) is 0 Å². The molecule has 2 rings (SSSR count). The third kappa shape index (κ3) is 4.49. The first kappa shape index (κ1) is 17.3. The lowest BCUT2D eigenvalue weighted by atomic mass is 10.0. The van der Waals surface area contributed by atoms with Gasteiger partial charge in [0.05, 0.1) is 0 Å². The van der Waals surface area contributed by atoms with Crippen molar-refractivity contribution in [3.8, 4) is 16.9 Å². The molecule has 0 aromatic heterocycles. The molecule has 0 radical (unpaired) electrons. The van der Waals surface area contributed by atoms with Gasteiger partial charge in [-0.05, 0) is 35.8 Å². The number of aryl methyl sites for hydroxylation is 1. The minimum absolute atomic E-state index is 0.00483. The summed E-state index contributed by atoms with van der Waals surface area (Å²) in [6.07, 6.45) is 3.34. The van der Waals surface area contributed by atoms with Gasteiger partial charge in [0.1, 0.15) is 11.6 Å². The van der Waals surface area contributed by atoms with Crippen molar-refractivity contribution in [2.75, 3.05) is 0 Å². The van der Waals surface area contributed by atoms with Crippen molar-refractivity contribution in [1.82, 2.24) is 0 Å². The van der Waals surface area contributed by atoms with E-state index in [2.05, 4.69) is 13.2 Å². The molecular formula is C20H17FO3. The van der Waals surface area contributed by atoms with E-state index in [4.69, 9.17) is 4.74 Å². The molecule has 24 heavy (non-hydrogen) atoms. The van der Waals surface area contributed by atoms with Gasteiger partial charge in [0.2, 0.25) is 0 Å². The first-order valence-electron chi connectivity index (χ1n) is 7.42. The van der Waals surface area contributed by atoms with Crippen molar-refractivity contribution in [2.45, 2.75) is 12.8 Å². The van der Waals surface area contributed by atoms with E-state index in [1.54, 1.807) is 18.2 Å². The Bertz CT molecular complexity index is 776. The molecule has 0 heterocycles. The standard InChI is InChI=1S/C20H17FO3/c1-3-16(22)10-7-14-5-8-15(9-6-14)18-12-11-17(13-19(18)21)24-20(23)4-2/h3-6,8-9,11-13H,1-2,7,10H2. The van der Waals surface area contributed by atoms with Gasteiger partial charge < -0.3 is 4.74 Å². The maximum Gasteiger partial charge on any atom is 0.335 e. The van der Waals surface area contributed by atoms with Gasteiger partial charge >= 0.3 is 5.97 Å². The average Bonchev–Trinajstić information content (AvgIpc) is 2.60. The van der Waals surface area contributed by atoms with Crippen molar-refractivity contribution < 1.29 is 18.7 Å². The number of esters is 1. The Morgan fingerprint density at radius 1 is 1.04 bits per heavy atom. The third-order valence-electron chi connectivity index (χ3n) is 3.48. The Hall–Kier alpha value is -3.01. The molecule has 2 aromatic rings. The highest BCUT2D eigenvalue weighted by molar-refractivity contribution is 5.89. The smallest absolute Gasteiger partial charge is 0.335 e. The number of ketones is 1.